The predicted molar refractivity (Wildman–Crippen MR) is 140 cm³/mol. The van der Waals surface area contributed by atoms with Crippen LogP contribution < -0.4 is 0 Å². The fourth-order valence-electron chi connectivity index (χ4n) is 3.28. The maximum Gasteiger partial charge on any atom is 0.339 e. The summed E-state index contributed by atoms with van der Waals surface area (Å²) in [6.07, 6.45) is 2.87. The Morgan fingerprint density at radius 3 is 1.63 bits per heavy atom. The van der Waals surface area contributed by atoms with Crippen LogP contribution >= 0.6 is 0 Å². The molecule has 0 aromatic heterocycles. The standard InChI is InChI=1S/C29H38O9/c1-5-13-33-28(31)25-12-11-22(18-26(25)29(32)34-14-6-2)27(30)21-9-10-23(19-37-35-15-7-3)24(17-21)20-38-36-16-8-4/h9-12,17-18H,5-8,13-16,19-20H2,1-4H3. The molecule has 0 fully saturated rings. The lowest BCUT2D eigenvalue weighted by atomic mass is 9.95. The van der Waals surface area contributed by atoms with Gasteiger partial charge in [-0.1, -0.05) is 45.9 Å². The Morgan fingerprint density at radius 2 is 1.05 bits per heavy atom. The van der Waals surface area contributed by atoms with Gasteiger partial charge in [0.15, 0.2) is 5.78 Å². The van der Waals surface area contributed by atoms with Gasteiger partial charge >= 0.3 is 11.9 Å². The largest absolute Gasteiger partial charge is 0.462 e. The highest BCUT2D eigenvalue weighted by Gasteiger charge is 2.23. The highest BCUT2D eigenvalue weighted by molar-refractivity contribution is 6.12. The maximum absolute atomic E-state index is 13.4. The van der Waals surface area contributed by atoms with Crippen molar-refractivity contribution in [2.75, 3.05) is 26.4 Å². The van der Waals surface area contributed by atoms with Gasteiger partial charge in [-0.05, 0) is 55.0 Å². The van der Waals surface area contributed by atoms with Crippen LogP contribution in [0.2, 0.25) is 0 Å². The number of carbonyl (C=O) groups is 3. The third-order valence-electron chi connectivity index (χ3n) is 5.24. The number of hydrogen-bond donors (Lipinski definition) is 0. The normalized spacial score (nSPS) is 10.8. The molecular formula is C29H38O9. The van der Waals surface area contributed by atoms with Gasteiger partial charge in [0.2, 0.25) is 0 Å². The second-order valence-electron chi connectivity index (χ2n) is 8.51. The van der Waals surface area contributed by atoms with Gasteiger partial charge in [-0.25, -0.2) is 29.1 Å². The monoisotopic (exact) mass is 530 g/mol. The second kappa shape index (κ2) is 17.4. The highest BCUT2D eigenvalue weighted by atomic mass is 17.2. The molecule has 38 heavy (non-hydrogen) atoms. The zero-order chi connectivity index (χ0) is 27.8. The molecule has 0 atom stereocenters. The molecular weight excluding hydrogens is 492 g/mol. The van der Waals surface area contributed by atoms with E-state index < -0.39 is 11.9 Å². The van der Waals surface area contributed by atoms with Crippen LogP contribution in [0.25, 0.3) is 0 Å². The first kappa shape index (κ1) is 31.1. The lowest BCUT2D eigenvalue weighted by Crippen LogP contribution is -2.16. The summed E-state index contributed by atoms with van der Waals surface area (Å²) in [7, 11) is 0. The molecule has 2 aromatic carbocycles. The number of carbonyl (C=O) groups excluding carboxylic acids is 3. The van der Waals surface area contributed by atoms with E-state index in [1.807, 2.05) is 27.7 Å². The molecule has 9 nitrogen and oxygen atoms in total. The molecule has 0 heterocycles. The molecule has 0 amide bonds. The summed E-state index contributed by atoms with van der Waals surface area (Å²) in [5.41, 5.74) is 2.10. The van der Waals surface area contributed by atoms with Gasteiger partial charge < -0.3 is 9.47 Å². The van der Waals surface area contributed by atoms with Gasteiger partial charge in [0.05, 0.1) is 37.6 Å². The van der Waals surface area contributed by atoms with E-state index in [2.05, 4.69) is 0 Å². The number of rotatable bonds is 18. The Balaban J connectivity index is 2.36. The van der Waals surface area contributed by atoms with Gasteiger partial charge in [-0.3, -0.25) is 4.79 Å². The van der Waals surface area contributed by atoms with Crippen molar-refractivity contribution < 1.29 is 43.4 Å². The quantitative estimate of drug-likeness (QED) is 0.0781. The zero-order valence-corrected chi connectivity index (χ0v) is 22.7. The summed E-state index contributed by atoms with van der Waals surface area (Å²) in [6, 6.07) is 9.40. The minimum absolute atomic E-state index is 0.0139. The summed E-state index contributed by atoms with van der Waals surface area (Å²) >= 11 is 0. The molecule has 9 heteroatoms. The van der Waals surface area contributed by atoms with Crippen molar-refractivity contribution in [3.05, 3.63) is 69.8 Å². The smallest absolute Gasteiger partial charge is 0.339 e. The molecule has 0 aliphatic heterocycles. The summed E-state index contributed by atoms with van der Waals surface area (Å²) in [6.45, 7) is 9.26. The van der Waals surface area contributed by atoms with Crippen LogP contribution in [0, 0.1) is 0 Å². The average Bonchev–Trinajstić information content (AvgIpc) is 2.94. The van der Waals surface area contributed by atoms with Crippen molar-refractivity contribution in [3.8, 4) is 0 Å². The van der Waals surface area contributed by atoms with Crippen LogP contribution in [0.5, 0.6) is 0 Å². The Kier molecular flexibility index (Phi) is 14.3. The molecule has 2 aromatic rings. The van der Waals surface area contributed by atoms with Crippen LogP contribution in [-0.2, 0) is 42.2 Å². The molecule has 0 aliphatic rings. The minimum atomic E-state index is -0.688. The first-order valence-electron chi connectivity index (χ1n) is 13.1. The Morgan fingerprint density at radius 1 is 0.553 bits per heavy atom. The topological polar surface area (TPSA) is 107 Å². The lowest BCUT2D eigenvalue weighted by Gasteiger charge is -2.13. The SMILES string of the molecule is CCCOOCc1ccc(C(=O)c2ccc(C(=O)OCCC)c(C(=O)OCCC)c2)cc1COOCCC. The van der Waals surface area contributed by atoms with Crippen molar-refractivity contribution in [1.82, 2.24) is 0 Å². The van der Waals surface area contributed by atoms with Gasteiger partial charge in [0.25, 0.3) is 0 Å². The fourth-order valence-corrected chi connectivity index (χ4v) is 3.28. The van der Waals surface area contributed by atoms with Crippen LogP contribution in [0.4, 0.5) is 0 Å². The highest BCUT2D eigenvalue weighted by Crippen LogP contribution is 2.21. The Hall–Kier alpha value is -3.11. The second-order valence-corrected chi connectivity index (χ2v) is 8.51. The van der Waals surface area contributed by atoms with Crippen molar-refractivity contribution >= 4 is 17.7 Å². The van der Waals surface area contributed by atoms with Gasteiger partial charge in [0.1, 0.15) is 13.2 Å². The molecule has 0 bridgehead atoms. The number of ether oxygens (including phenoxy) is 2. The molecule has 208 valence electrons. The first-order chi connectivity index (χ1) is 18.5. The van der Waals surface area contributed by atoms with E-state index in [-0.39, 0.29) is 48.9 Å². The summed E-state index contributed by atoms with van der Waals surface area (Å²) < 4.78 is 10.5. The lowest BCUT2D eigenvalue weighted by molar-refractivity contribution is -0.308. The van der Waals surface area contributed by atoms with E-state index in [4.69, 9.17) is 29.0 Å². The molecule has 0 aliphatic carbocycles. The first-order valence-corrected chi connectivity index (χ1v) is 13.1. The molecule has 0 saturated carbocycles. The number of benzene rings is 2. The minimum Gasteiger partial charge on any atom is -0.462 e. The van der Waals surface area contributed by atoms with Gasteiger partial charge in [-0.15, -0.1) is 0 Å². The molecule has 0 N–H and O–H groups in total. The van der Waals surface area contributed by atoms with Crippen LogP contribution in [-0.4, -0.2) is 44.1 Å². The van der Waals surface area contributed by atoms with Crippen molar-refractivity contribution in [3.63, 3.8) is 0 Å². The van der Waals surface area contributed by atoms with E-state index >= 15 is 0 Å². The Labute approximate surface area is 224 Å². The van der Waals surface area contributed by atoms with Crippen LogP contribution in [0.1, 0.15) is 101 Å². The molecule has 0 spiro atoms. The van der Waals surface area contributed by atoms with Crippen molar-refractivity contribution in [2.45, 2.75) is 66.6 Å². The zero-order valence-electron chi connectivity index (χ0n) is 22.7. The van der Waals surface area contributed by atoms with E-state index in [1.54, 1.807) is 18.2 Å². The van der Waals surface area contributed by atoms with Gasteiger partial charge in [-0.2, -0.15) is 0 Å². The van der Waals surface area contributed by atoms with E-state index in [9.17, 15) is 14.4 Å². The average molecular weight is 531 g/mol. The molecule has 2 rings (SSSR count). The van der Waals surface area contributed by atoms with E-state index in [0.717, 1.165) is 18.4 Å². The molecule has 0 saturated heterocycles. The predicted octanol–water partition coefficient (Wildman–Crippen LogP) is 5.77. The Bertz CT molecular complexity index is 1050. The fraction of sp³-hybridized carbons (Fsp3) is 0.483. The maximum atomic E-state index is 13.4. The van der Waals surface area contributed by atoms with Crippen LogP contribution in [0.3, 0.4) is 0 Å². The van der Waals surface area contributed by atoms with Crippen molar-refractivity contribution in [1.29, 1.82) is 0 Å². The summed E-state index contributed by atoms with van der Waals surface area (Å²) in [5.74, 6) is -1.67. The van der Waals surface area contributed by atoms with E-state index in [0.29, 0.717) is 37.2 Å². The summed E-state index contributed by atoms with van der Waals surface area (Å²) in [5, 5.41) is 0. The van der Waals surface area contributed by atoms with Crippen molar-refractivity contribution in [2.24, 2.45) is 0 Å². The molecule has 0 radical (unpaired) electrons. The third-order valence-corrected chi connectivity index (χ3v) is 5.24. The molecule has 0 unspecified atom stereocenters. The van der Waals surface area contributed by atoms with Crippen LogP contribution in [0.15, 0.2) is 36.4 Å². The van der Waals surface area contributed by atoms with E-state index in [1.165, 1.54) is 18.2 Å². The number of ketones is 1. The number of hydrogen-bond acceptors (Lipinski definition) is 9. The third kappa shape index (κ3) is 9.64. The summed E-state index contributed by atoms with van der Waals surface area (Å²) in [4.78, 5) is 59.6. The van der Waals surface area contributed by atoms with Gasteiger partial charge in [0, 0.05) is 11.1 Å². The number of esters is 2.